The first-order chi connectivity index (χ1) is 11.3. The van der Waals surface area contributed by atoms with Crippen LogP contribution in [0.5, 0.6) is 0 Å². The van der Waals surface area contributed by atoms with Gasteiger partial charge in [-0.2, -0.15) is 4.31 Å². The molecule has 1 amide bonds. The molecule has 0 spiro atoms. The predicted molar refractivity (Wildman–Crippen MR) is 101 cm³/mol. The van der Waals surface area contributed by atoms with Crippen molar-refractivity contribution in [2.45, 2.75) is 24.7 Å². The average Bonchev–Trinajstić information content (AvgIpc) is 2.94. The maximum atomic E-state index is 12.8. The number of carbonyl (C=O) groups is 1. The molecule has 2 heterocycles. The van der Waals surface area contributed by atoms with Gasteiger partial charge in [-0.05, 0) is 31.9 Å². The van der Waals surface area contributed by atoms with E-state index in [0.717, 1.165) is 12.8 Å². The molecular formula is C16H29ClN4O3S. The number of carbonyl (C=O) groups excluding carboxylic acids is 1. The molecule has 0 saturated carbocycles. The Morgan fingerprint density at radius 1 is 1.44 bits per heavy atom. The lowest BCUT2D eigenvalue weighted by Gasteiger charge is -2.29. The number of nitrogens with one attached hydrogen (secondary N) is 1. The Hall–Kier alpha value is -1.09. The fourth-order valence-corrected chi connectivity index (χ4v) is 4.65. The molecule has 0 radical (unpaired) electrons. The van der Waals surface area contributed by atoms with Crippen LogP contribution in [0.1, 0.15) is 30.3 Å². The summed E-state index contributed by atoms with van der Waals surface area (Å²) in [7, 11) is 1.70. The molecule has 1 aliphatic rings. The maximum Gasteiger partial charge on any atom is 0.270 e. The Morgan fingerprint density at radius 3 is 2.72 bits per heavy atom. The Balaban J connectivity index is 0.00000312. The Bertz CT molecular complexity index is 690. The molecule has 1 N–H and O–H groups in total. The summed E-state index contributed by atoms with van der Waals surface area (Å²) in [5.74, 6) is 0.187. The van der Waals surface area contributed by atoms with Gasteiger partial charge in [-0.1, -0.05) is 6.92 Å². The van der Waals surface area contributed by atoms with Crippen molar-refractivity contribution in [1.29, 1.82) is 0 Å². The van der Waals surface area contributed by atoms with Gasteiger partial charge in [0.05, 0.1) is 0 Å². The van der Waals surface area contributed by atoms with E-state index in [1.54, 1.807) is 23.6 Å². The first kappa shape index (κ1) is 22.0. The Kier molecular flexibility index (Phi) is 7.92. The maximum absolute atomic E-state index is 12.8. The summed E-state index contributed by atoms with van der Waals surface area (Å²) < 4.78 is 28.8. The van der Waals surface area contributed by atoms with Gasteiger partial charge in [0, 0.05) is 46.5 Å². The Labute approximate surface area is 156 Å². The van der Waals surface area contributed by atoms with Crippen LogP contribution in [0, 0.1) is 5.92 Å². The lowest BCUT2D eigenvalue weighted by Crippen LogP contribution is -2.38. The van der Waals surface area contributed by atoms with E-state index >= 15 is 0 Å². The van der Waals surface area contributed by atoms with E-state index in [4.69, 9.17) is 0 Å². The van der Waals surface area contributed by atoms with Gasteiger partial charge in [0.2, 0.25) is 10.0 Å². The number of aryl methyl sites for hydroxylation is 1. The van der Waals surface area contributed by atoms with Crippen molar-refractivity contribution in [2.24, 2.45) is 13.0 Å². The molecule has 1 fully saturated rings. The lowest BCUT2D eigenvalue weighted by molar-refractivity contribution is 0.0787. The van der Waals surface area contributed by atoms with Crippen LogP contribution in [-0.4, -0.2) is 68.4 Å². The van der Waals surface area contributed by atoms with Crippen molar-refractivity contribution in [3.63, 3.8) is 0 Å². The zero-order chi connectivity index (χ0) is 17.9. The fraction of sp³-hybridized carbons (Fsp3) is 0.688. The van der Waals surface area contributed by atoms with Crippen LogP contribution in [0.15, 0.2) is 17.2 Å². The van der Waals surface area contributed by atoms with Crippen LogP contribution in [-0.2, 0) is 17.1 Å². The van der Waals surface area contributed by atoms with Crippen molar-refractivity contribution in [3.8, 4) is 0 Å². The van der Waals surface area contributed by atoms with Gasteiger partial charge in [0.1, 0.15) is 10.6 Å². The van der Waals surface area contributed by atoms with E-state index in [1.165, 1.54) is 16.6 Å². The molecule has 1 unspecified atom stereocenters. The third-order valence-electron chi connectivity index (χ3n) is 4.50. The van der Waals surface area contributed by atoms with E-state index in [1.807, 2.05) is 7.05 Å². The molecule has 0 aromatic carbocycles. The molecule has 25 heavy (non-hydrogen) atoms. The summed E-state index contributed by atoms with van der Waals surface area (Å²) in [6.45, 7) is 4.41. The molecule has 7 nitrogen and oxygen atoms in total. The van der Waals surface area contributed by atoms with Crippen molar-refractivity contribution in [3.05, 3.63) is 18.0 Å². The highest BCUT2D eigenvalue weighted by Gasteiger charge is 2.30. The van der Waals surface area contributed by atoms with Crippen LogP contribution < -0.4 is 5.32 Å². The van der Waals surface area contributed by atoms with Gasteiger partial charge < -0.3 is 14.8 Å². The number of aromatic nitrogens is 1. The third kappa shape index (κ3) is 4.97. The predicted octanol–water partition coefficient (Wildman–Crippen LogP) is 1.16. The van der Waals surface area contributed by atoms with Gasteiger partial charge in [0.25, 0.3) is 5.91 Å². The van der Waals surface area contributed by atoms with Gasteiger partial charge in [0.15, 0.2) is 0 Å². The summed E-state index contributed by atoms with van der Waals surface area (Å²) in [5.41, 5.74) is 0.386. The third-order valence-corrected chi connectivity index (χ3v) is 6.33. The zero-order valence-electron chi connectivity index (χ0n) is 15.4. The average molecular weight is 393 g/mol. The molecule has 1 aromatic rings. The number of hydrogen-bond acceptors (Lipinski definition) is 4. The van der Waals surface area contributed by atoms with Gasteiger partial charge in [-0.3, -0.25) is 4.79 Å². The Morgan fingerprint density at radius 2 is 2.12 bits per heavy atom. The van der Waals surface area contributed by atoms with E-state index in [2.05, 4.69) is 12.2 Å². The number of piperidine rings is 1. The van der Waals surface area contributed by atoms with Gasteiger partial charge >= 0.3 is 0 Å². The van der Waals surface area contributed by atoms with Crippen LogP contribution >= 0.6 is 12.4 Å². The van der Waals surface area contributed by atoms with E-state index in [9.17, 15) is 13.2 Å². The number of likely N-dealkylation sites (N-methyl/N-ethyl adjacent to an activating group) is 2. The van der Waals surface area contributed by atoms with Crippen LogP contribution in [0.2, 0.25) is 0 Å². The van der Waals surface area contributed by atoms with Gasteiger partial charge in [-0.25, -0.2) is 8.42 Å². The summed E-state index contributed by atoms with van der Waals surface area (Å²) in [5, 5.41) is 2.99. The number of rotatable bonds is 6. The molecule has 1 aliphatic heterocycles. The first-order valence-corrected chi connectivity index (χ1v) is 9.78. The molecule has 2 rings (SSSR count). The highest BCUT2D eigenvalue weighted by Crippen LogP contribution is 2.24. The van der Waals surface area contributed by atoms with Crippen molar-refractivity contribution in [2.75, 3.05) is 40.3 Å². The second-order valence-corrected chi connectivity index (χ2v) is 8.55. The molecule has 1 saturated heterocycles. The minimum Gasteiger partial charge on any atom is -0.345 e. The zero-order valence-corrected chi connectivity index (χ0v) is 17.0. The normalized spacial score (nSPS) is 18.6. The summed E-state index contributed by atoms with van der Waals surface area (Å²) in [6, 6.07) is 1.49. The summed E-state index contributed by atoms with van der Waals surface area (Å²) >= 11 is 0. The highest BCUT2D eigenvalue weighted by molar-refractivity contribution is 7.89. The van der Waals surface area contributed by atoms with Crippen LogP contribution in [0.3, 0.4) is 0 Å². The first-order valence-electron chi connectivity index (χ1n) is 8.34. The van der Waals surface area contributed by atoms with Crippen molar-refractivity contribution >= 4 is 28.3 Å². The quantitative estimate of drug-likeness (QED) is 0.788. The van der Waals surface area contributed by atoms with E-state index < -0.39 is 10.0 Å². The van der Waals surface area contributed by atoms with Crippen LogP contribution in [0.25, 0.3) is 0 Å². The van der Waals surface area contributed by atoms with E-state index in [-0.39, 0.29) is 23.2 Å². The lowest BCUT2D eigenvalue weighted by atomic mass is 10.0. The summed E-state index contributed by atoms with van der Waals surface area (Å²) in [6.07, 6.45) is 3.47. The van der Waals surface area contributed by atoms with Gasteiger partial charge in [-0.15, -0.1) is 12.4 Å². The SMILES string of the molecule is CNCCN(C)C(=O)c1cc(S(=O)(=O)N2CCCC(C)C2)cn1C.Cl. The minimum absolute atomic E-state index is 0. The van der Waals surface area contributed by atoms with Crippen molar-refractivity contribution in [1.82, 2.24) is 19.1 Å². The second-order valence-electron chi connectivity index (χ2n) is 6.61. The number of nitrogens with zero attached hydrogens (tertiary/aromatic N) is 3. The minimum atomic E-state index is -3.54. The molecule has 144 valence electrons. The van der Waals surface area contributed by atoms with Crippen molar-refractivity contribution < 1.29 is 13.2 Å². The highest BCUT2D eigenvalue weighted by atomic mass is 35.5. The molecule has 0 aliphatic carbocycles. The van der Waals surface area contributed by atoms with Crippen LogP contribution in [0.4, 0.5) is 0 Å². The standard InChI is InChI=1S/C16H28N4O3S.ClH/c1-13-6-5-8-20(11-13)24(22,23)14-10-15(19(4)12-14)16(21)18(3)9-7-17-2;/h10,12-13,17H,5-9,11H2,1-4H3;1H. The number of halogens is 1. The molecule has 0 bridgehead atoms. The fourth-order valence-electron chi connectivity index (χ4n) is 2.98. The smallest absolute Gasteiger partial charge is 0.270 e. The molecule has 9 heteroatoms. The largest absolute Gasteiger partial charge is 0.345 e. The molecular weight excluding hydrogens is 364 g/mol. The second kappa shape index (κ2) is 9.02. The van der Waals surface area contributed by atoms with E-state index in [0.29, 0.717) is 37.8 Å². The number of hydrogen-bond donors (Lipinski definition) is 1. The summed E-state index contributed by atoms with van der Waals surface area (Å²) in [4.78, 5) is 14.3. The monoisotopic (exact) mass is 392 g/mol. The number of amides is 1. The molecule has 1 aromatic heterocycles. The topological polar surface area (TPSA) is 74.7 Å². The molecule has 1 atom stereocenters. The number of sulfonamides is 1.